The number of pyridine rings is 1. The van der Waals surface area contributed by atoms with E-state index in [1.165, 1.54) is 30.0 Å². The van der Waals surface area contributed by atoms with Crippen molar-refractivity contribution in [1.82, 2.24) is 24.7 Å². The number of hydrogen-bond donors (Lipinski definition) is 1. The molecule has 3 heterocycles. The average molecular weight is 469 g/mol. The van der Waals surface area contributed by atoms with Gasteiger partial charge in [-0.15, -0.1) is 0 Å². The second-order valence-corrected chi connectivity index (χ2v) is 8.77. The molecule has 0 saturated carbocycles. The van der Waals surface area contributed by atoms with Crippen molar-refractivity contribution in [2.45, 2.75) is 51.5 Å². The van der Waals surface area contributed by atoms with E-state index in [1.807, 2.05) is 0 Å². The second-order valence-electron chi connectivity index (χ2n) is 8.77. The Morgan fingerprint density at radius 2 is 2.12 bits per heavy atom. The van der Waals surface area contributed by atoms with Gasteiger partial charge in [-0.3, -0.25) is 4.79 Å². The molecule has 2 atom stereocenters. The molecule has 0 fully saturated rings. The largest absolute Gasteiger partial charge is 0.465 e. The Kier molecular flexibility index (Phi) is 5.93. The van der Waals surface area contributed by atoms with Crippen LogP contribution in [-0.2, 0) is 21.5 Å². The van der Waals surface area contributed by atoms with Gasteiger partial charge in [-0.25, -0.2) is 28.4 Å². The van der Waals surface area contributed by atoms with E-state index in [-0.39, 0.29) is 30.4 Å². The predicted molar refractivity (Wildman–Crippen MR) is 124 cm³/mol. The molecular formula is C24H26F2N6O2. The van der Waals surface area contributed by atoms with Crippen LogP contribution in [-0.4, -0.2) is 49.1 Å². The monoisotopic (exact) mass is 468 g/mol. The van der Waals surface area contributed by atoms with Crippen LogP contribution in [0.25, 0.3) is 22.6 Å². The summed E-state index contributed by atoms with van der Waals surface area (Å²) in [5.74, 6) is -0.0971. The van der Waals surface area contributed by atoms with Crippen molar-refractivity contribution < 1.29 is 18.3 Å². The minimum atomic E-state index is -2.16. The van der Waals surface area contributed by atoms with Crippen molar-refractivity contribution in [2.75, 3.05) is 12.3 Å². The van der Waals surface area contributed by atoms with Gasteiger partial charge in [0.25, 0.3) is 0 Å². The van der Waals surface area contributed by atoms with E-state index < -0.39 is 23.2 Å². The molecule has 10 heteroatoms. The van der Waals surface area contributed by atoms with E-state index in [2.05, 4.69) is 20.1 Å². The first kappa shape index (κ1) is 23.5. The average Bonchev–Trinajstić information content (AvgIpc) is 3.15. The van der Waals surface area contributed by atoms with E-state index in [0.717, 1.165) is 0 Å². The summed E-state index contributed by atoms with van der Waals surface area (Å²) < 4.78 is 35.8. The molecule has 0 amide bonds. The van der Waals surface area contributed by atoms with Gasteiger partial charge in [0.15, 0.2) is 23.3 Å². The summed E-state index contributed by atoms with van der Waals surface area (Å²) >= 11 is 0. The Balaban J connectivity index is 1.75. The number of halogens is 2. The maximum Gasteiger partial charge on any atom is 0.316 e. The van der Waals surface area contributed by atoms with Gasteiger partial charge in [0.1, 0.15) is 11.5 Å². The molecule has 0 bridgehead atoms. The number of carbonyl (C=O) groups is 1. The number of fused-ring (bicyclic) bond motifs is 1. The molecule has 178 valence electrons. The van der Waals surface area contributed by atoms with E-state index in [4.69, 9.17) is 10.5 Å². The number of ether oxygens (including phenoxy) is 1. The highest BCUT2D eigenvalue weighted by Gasteiger charge is 2.39. The normalized spacial score (nSPS) is 20.4. The maximum absolute atomic E-state index is 15.0. The molecule has 1 aliphatic carbocycles. The molecule has 3 aromatic heterocycles. The summed E-state index contributed by atoms with van der Waals surface area (Å²) in [5, 5.41) is 5.20. The standard InChI is InChI=1S/C24H26F2N6O2/c1-5-34-22(33)23(2,3)16-12-29-20(30-19(16)27)18-15-9-7-11-28-21(15)32(31-18)13-14-8-6-10-17(25)24(14,4)26/h6-12,17H,5,13H2,1-4H3,(H2,27,29,30). The highest BCUT2D eigenvalue weighted by molar-refractivity contribution is 5.89. The third kappa shape index (κ3) is 3.93. The number of esters is 1. The summed E-state index contributed by atoms with van der Waals surface area (Å²) in [6, 6.07) is 3.53. The first-order chi connectivity index (χ1) is 16.1. The minimum absolute atomic E-state index is 0.00523. The number of nitrogens with two attached hydrogens (primary N) is 1. The molecule has 0 saturated heterocycles. The Labute approximate surface area is 195 Å². The van der Waals surface area contributed by atoms with Crippen LogP contribution >= 0.6 is 0 Å². The van der Waals surface area contributed by atoms with Crippen molar-refractivity contribution in [3.8, 4) is 11.5 Å². The summed E-state index contributed by atoms with van der Waals surface area (Å²) in [7, 11) is 0. The van der Waals surface area contributed by atoms with Crippen LogP contribution in [0.3, 0.4) is 0 Å². The van der Waals surface area contributed by atoms with Gasteiger partial charge in [-0.1, -0.05) is 12.2 Å². The Morgan fingerprint density at radius 3 is 2.82 bits per heavy atom. The van der Waals surface area contributed by atoms with Gasteiger partial charge in [-0.05, 0) is 51.5 Å². The van der Waals surface area contributed by atoms with E-state index in [1.54, 1.807) is 45.2 Å². The van der Waals surface area contributed by atoms with Crippen molar-refractivity contribution in [1.29, 1.82) is 0 Å². The topological polar surface area (TPSA) is 109 Å². The fourth-order valence-corrected chi connectivity index (χ4v) is 3.86. The fourth-order valence-electron chi connectivity index (χ4n) is 3.86. The van der Waals surface area contributed by atoms with Crippen molar-refractivity contribution in [2.24, 2.45) is 0 Å². The van der Waals surface area contributed by atoms with E-state index in [9.17, 15) is 9.18 Å². The van der Waals surface area contributed by atoms with Crippen molar-refractivity contribution in [3.63, 3.8) is 0 Å². The third-order valence-electron chi connectivity index (χ3n) is 6.04. The molecule has 0 spiro atoms. The highest BCUT2D eigenvalue weighted by Crippen LogP contribution is 2.35. The van der Waals surface area contributed by atoms with Gasteiger partial charge < -0.3 is 10.5 Å². The minimum Gasteiger partial charge on any atom is -0.465 e. The highest BCUT2D eigenvalue weighted by atomic mass is 19.2. The lowest BCUT2D eigenvalue weighted by Crippen LogP contribution is -2.36. The van der Waals surface area contributed by atoms with Crippen molar-refractivity contribution >= 4 is 22.8 Å². The van der Waals surface area contributed by atoms with E-state index in [0.29, 0.717) is 22.3 Å². The number of aromatic nitrogens is 5. The lowest BCUT2D eigenvalue weighted by Gasteiger charge is -2.28. The zero-order valence-electron chi connectivity index (χ0n) is 19.4. The number of rotatable bonds is 6. The maximum atomic E-state index is 15.0. The number of anilines is 1. The molecule has 3 aromatic rings. The molecule has 0 radical (unpaired) electrons. The molecule has 8 nitrogen and oxygen atoms in total. The zero-order valence-corrected chi connectivity index (χ0v) is 19.4. The van der Waals surface area contributed by atoms with Crippen molar-refractivity contribution in [3.05, 3.63) is 53.9 Å². The third-order valence-corrected chi connectivity index (χ3v) is 6.04. The van der Waals surface area contributed by atoms with Crippen LogP contribution in [0.15, 0.2) is 48.3 Å². The quantitative estimate of drug-likeness (QED) is 0.547. The van der Waals surface area contributed by atoms with Crippen LogP contribution in [0.2, 0.25) is 0 Å². The molecular weight excluding hydrogens is 442 g/mol. The second kappa shape index (κ2) is 8.58. The molecule has 2 unspecified atom stereocenters. The van der Waals surface area contributed by atoms with Crippen LogP contribution in [0.4, 0.5) is 14.6 Å². The SMILES string of the molecule is CCOC(=O)C(C)(C)c1cnc(-c2nn(CC3=CC=CC(F)C3(C)F)c3ncccc23)nc1N. The summed E-state index contributed by atoms with van der Waals surface area (Å²) in [5.41, 5.74) is 4.52. The predicted octanol–water partition coefficient (Wildman–Crippen LogP) is 3.87. The number of hydrogen-bond acceptors (Lipinski definition) is 7. The molecule has 2 N–H and O–H groups in total. The summed E-state index contributed by atoms with van der Waals surface area (Å²) in [4.78, 5) is 25.6. The van der Waals surface area contributed by atoms with Gasteiger partial charge in [0.2, 0.25) is 0 Å². The molecule has 0 aliphatic heterocycles. The molecule has 4 rings (SSSR count). The first-order valence-electron chi connectivity index (χ1n) is 10.9. The molecule has 1 aliphatic rings. The lowest BCUT2D eigenvalue weighted by atomic mass is 9.86. The van der Waals surface area contributed by atoms with Gasteiger partial charge in [0, 0.05) is 18.0 Å². The number of nitrogen functional groups attached to an aromatic ring is 1. The Bertz CT molecular complexity index is 1310. The van der Waals surface area contributed by atoms with Crippen LogP contribution in [0, 0.1) is 0 Å². The summed E-state index contributed by atoms with van der Waals surface area (Å²) in [6.07, 6.45) is 5.55. The fraction of sp³-hybridized carbons (Fsp3) is 0.375. The number of carbonyl (C=O) groups excluding carboxylic acids is 1. The molecule has 0 aromatic carbocycles. The van der Waals surface area contributed by atoms with Gasteiger partial charge in [-0.2, -0.15) is 5.10 Å². The van der Waals surface area contributed by atoms with Gasteiger partial charge in [0.05, 0.1) is 24.0 Å². The van der Waals surface area contributed by atoms with Gasteiger partial charge >= 0.3 is 5.97 Å². The van der Waals surface area contributed by atoms with Crippen LogP contribution < -0.4 is 5.73 Å². The number of allylic oxidation sites excluding steroid dienone is 4. The van der Waals surface area contributed by atoms with E-state index >= 15 is 4.39 Å². The Morgan fingerprint density at radius 1 is 1.35 bits per heavy atom. The molecule has 34 heavy (non-hydrogen) atoms. The summed E-state index contributed by atoms with van der Waals surface area (Å²) in [6.45, 7) is 6.55. The number of nitrogens with zero attached hydrogens (tertiary/aromatic N) is 5. The first-order valence-corrected chi connectivity index (χ1v) is 10.9. The smallest absolute Gasteiger partial charge is 0.316 e. The zero-order chi connectivity index (χ0) is 24.7. The number of alkyl halides is 2. The van der Waals surface area contributed by atoms with Crippen LogP contribution in [0.5, 0.6) is 0 Å². The lowest BCUT2D eigenvalue weighted by molar-refractivity contribution is -0.148. The van der Waals surface area contributed by atoms with Crippen LogP contribution in [0.1, 0.15) is 33.3 Å². The Hall–Kier alpha value is -3.69.